The Morgan fingerprint density at radius 2 is 1.44 bits per heavy atom. The maximum Gasteiger partial charge on any atom is 0.326 e. The van der Waals surface area contributed by atoms with E-state index < -0.39 is 78.7 Å². The molecule has 6 atom stereocenters. The molecule has 39 heavy (non-hydrogen) atoms. The topological polar surface area (TPSA) is 243 Å². The van der Waals surface area contributed by atoms with Crippen LogP contribution in [0.4, 0.5) is 0 Å². The van der Waals surface area contributed by atoms with Crippen LogP contribution in [0.5, 0.6) is 0 Å². The molecule has 14 nitrogen and oxygen atoms in total. The summed E-state index contributed by atoms with van der Waals surface area (Å²) in [5, 5.41) is 28.6. The zero-order chi connectivity index (χ0) is 29.7. The second-order valence-corrected chi connectivity index (χ2v) is 9.21. The van der Waals surface area contributed by atoms with E-state index in [9.17, 15) is 39.0 Å². The highest BCUT2D eigenvalue weighted by Gasteiger charge is 2.32. The predicted molar refractivity (Wildman–Crippen MR) is 140 cm³/mol. The number of nitrogens with two attached hydrogens (primary N) is 2. The first kappa shape index (κ1) is 33.0. The molecule has 0 aliphatic rings. The molecule has 0 heterocycles. The Morgan fingerprint density at radius 3 is 1.95 bits per heavy atom. The van der Waals surface area contributed by atoms with Crippen molar-refractivity contribution in [1.82, 2.24) is 21.3 Å². The van der Waals surface area contributed by atoms with Crippen molar-refractivity contribution >= 4 is 35.5 Å². The van der Waals surface area contributed by atoms with E-state index in [1.54, 1.807) is 44.2 Å². The largest absolute Gasteiger partial charge is 0.480 e. The Bertz CT molecular complexity index is 1020. The van der Waals surface area contributed by atoms with Crippen LogP contribution < -0.4 is 32.7 Å². The number of aliphatic hydroxyl groups is 1. The average Bonchev–Trinajstić information content (AvgIpc) is 2.88. The van der Waals surface area contributed by atoms with E-state index in [0.717, 1.165) is 0 Å². The van der Waals surface area contributed by atoms with Gasteiger partial charge in [0.1, 0.15) is 24.2 Å². The molecule has 216 valence electrons. The number of carbonyl (C=O) groups excluding carboxylic acids is 5. The molecular weight excluding hydrogens is 512 g/mol. The maximum atomic E-state index is 12.9. The third-order valence-corrected chi connectivity index (χ3v) is 6.02. The zero-order valence-electron chi connectivity index (χ0n) is 22.2. The number of nitrogens with one attached hydrogen (secondary N) is 4. The van der Waals surface area contributed by atoms with Gasteiger partial charge in [0, 0.05) is 6.42 Å². The van der Waals surface area contributed by atoms with Gasteiger partial charge in [-0.15, -0.1) is 0 Å². The van der Waals surface area contributed by atoms with E-state index in [2.05, 4.69) is 21.3 Å². The van der Waals surface area contributed by atoms with Crippen LogP contribution in [0.3, 0.4) is 0 Å². The van der Waals surface area contributed by atoms with Gasteiger partial charge in [-0.3, -0.25) is 24.0 Å². The first-order chi connectivity index (χ1) is 18.3. The Balaban J connectivity index is 2.82. The number of primary amides is 1. The molecule has 0 aliphatic carbocycles. The summed E-state index contributed by atoms with van der Waals surface area (Å²) < 4.78 is 0. The Morgan fingerprint density at radius 1 is 0.846 bits per heavy atom. The number of amides is 5. The lowest BCUT2D eigenvalue weighted by atomic mass is 9.97. The van der Waals surface area contributed by atoms with Gasteiger partial charge in [-0.05, 0) is 18.4 Å². The van der Waals surface area contributed by atoms with Crippen molar-refractivity contribution in [3.05, 3.63) is 35.9 Å². The highest BCUT2D eigenvalue weighted by Crippen LogP contribution is 2.09. The van der Waals surface area contributed by atoms with Crippen LogP contribution in [-0.4, -0.2) is 82.5 Å². The molecule has 0 aromatic heterocycles. The summed E-state index contributed by atoms with van der Waals surface area (Å²) >= 11 is 0. The molecule has 0 bridgehead atoms. The Hall–Kier alpha value is -4.04. The quantitative estimate of drug-likeness (QED) is 0.108. The summed E-state index contributed by atoms with van der Waals surface area (Å²) in [4.78, 5) is 73.2. The summed E-state index contributed by atoms with van der Waals surface area (Å²) in [6.07, 6.45) is 0.0367. The third kappa shape index (κ3) is 11.1. The van der Waals surface area contributed by atoms with Crippen LogP contribution >= 0.6 is 0 Å². The molecule has 10 N–H and O–H groups in total. The van der Waals surface area contributed by atoms with Crippen molar-refractivity contribution in [3.8, 4) is 0 Å². The molecule has 0 spiro atoms. The number of benzene rings is 1. The van der Waals surface area contributed by atoms with Crippen molar-refractivity contribution < 1.29 is 39.0 Å². The van der Waals surface area contributed by atoms with Crippen LogP contribution in [0.2, 0.25) is 0 Å². The molecule has 0 radical (unpaired) electrons. The van der Waals surface area contributed by atoms with E-state index in [1.165, 1.54) is 6.92 Å². The fourth-order valence-corrected chi connectivity index (χ4v) is 3.45. The van der Waals surface area contributed by atoms with Gasteiger partial charge >= 0.3 is 5.97 Å². The number of carboxylic acids is 1. The Labute approximate surface area is 226 Å². The maximum absolute atomic E-state index is 12.9. The molecule has 1 aromatic carbocycles. The van der Waals surface area contributed by atoms with Crippen LogP contribution in [-0.2, 0) is 35.2 Å². The van der Waals surface area contributed by atoms with Gasteiger partial charge in [-0.25, -0.2) is 4.79 Å². The van der Waals surface area contributed by atoms with Gasteiger partial charge in [0.15, 0.2) is 0 Å². The normalized spacial score (nSPS) is 15.4. The van der Waals surface area contributed by atoms with Gasteiger partial charge in [-0.1, -0.05) is 50.6 Å². The molecule has 0 saturated carbocycles. The monoisotopic (exact) mass is 550 g/mol. The van der Waals surface area contributed by atoms with Crippen molar-refractivity contribution in [1.29, 1.82) is 0 Å². The minimum atomic E-state index is -1.49. The lowest BCUT2D eigenvalue weighted by molar-refractivity contribution is -0.142. The van der Waals surface area contributed by atoms with Gasteiger partial charge in [0.05, 0.1) is 19.1 Å². The van der Waals surface area contributed by atoms with E-state index in [-0.39, 0.29) is 12.3 Å². The molecule has 14 heteroatoms. The van der Waals surface area contributed by atoms with Gasteiger partial charge < -0.3 is 42.9 Å². The second kappa shape index (κ2) is 16.0. The number of hydrogen-bond acceptors (Lipinski definition) is 8. The molecular formula is C25H38N6O8. The molecule has 0 fully saturated rings. The predicted octanol–water partition coefficient (Wildman–Crippen LogP) is -2.49. The van der Waals surface area contributed by atoms with Crippen molar-refractivity contribution in [2.24, 2.45) is 17.4 Å². The van der Waals surface area contributed by atoms with E-state index >= 15 is 0 Å². The first-order valence-corrected chi connectivity index (χ1v) is 12.4. The van der Waals surface area contributed by atoms with Crippen LogP contribution in [0.15, 0.2) is 30.3 Å². The summed E-state index contributed by atoms with van der Waals surface area (Å²) in [7, 11) is 0. The number of hydrogen-bond donors (Lipinski definition) is 8. The first-order valence-electron chi connectivity index (χ1n) is 12.4. The number of carbonyl (C=O) groups is 6. The number of carboxylic acid groups (broad SMARTS) is 1. The average molecular weight is 551 g/mol. The fraction of sp³-hybridized carbons (Fsp3) is 0.520. The highest BCUT2D eigenvalue weighted by atomic mass is 16.4. The van der Waals surface area contributed by atoms with E-state index in [1.807, 2.05) is 0 Å². The van der Waals surface area contributed by atoms with Crippen molar-refractivity contribution in [3.63, 3.8) is 0 Å². The summed E-state index contributed by atoms with van der Waals surface area (Å²) in [5.74, 6) is -5.72. The van der Waals surface area contributed by atoms with E-state index in [4.69, 9.17) is 11.5 Å². The SMILES string of the molecule is CC[C@H](C)[C@H](NC(=O)[C@@H](N)CC(N)=O)C(=O)N[C@@H](C)C(=O)N[C@@H](CO)C(=O)N[C@@H](Cc1ccccc1)C(=O)O. The molecule has 1 rings (SSSR count). The third-order valence-electron chi connectivity index (χ3n) is 6.02. The summed E-state index contributed by atoms with van der Waals surface area (Å²) in [6, 6.07) is 2.20. The molecule has 1 aromatic rings. The minimum Gasteiger partial charge on any atom is -0.480 e. The van der Waals surface area contributed by atoms with Crippen LogP contribution in [0.1, 0.15) is 39.2 Å². The van der Waals surface area contributed by atoms with Gasteiger partial charge in [0.25, 0.3) is 0 Å². The highest BCUT2D eigenvalue weighted by molar-refractivity contribution is 5.96. The molecule has 0 saturated heterocycles. The lowest BCUT2D eigenvalue weighted by Crippen LogP contribution is -2.59. The van der Waals surface area contributed by atoms with Gasteiger partial charge in [0.2, 0.25) is 29.5 Å². The zero-order valence-corrected chi connectivity index (χ0v) is 22.2. The number of aliphatic hydroxyl groups excluding tert-OH is 1. The molecule has 5 amide bonds. The number of rotatable bonds is 16. The standard InChI is InChI=1S/C25H38N6O8/c1-4-13(2)20(31-22(35)16(26)11-19(27)33)24(37)28-14(3)21(34)30-18(12-32)23(36)29-17(25(38)39)10-15-8-6-5-7-9-15/h5-9,13-14,16-18,20,32H,4,10-12,26H2,1-3H3,(H2,27,33)(H,28,37)(H,29,36)(H,30,34)(H,31,35)(H,38,39)/t13-,14-,16-,17-,18-,20-/m0/s1. The summed E-state index contributed by atoms with van der Waals surface area (Å²) in [6.45, 7) is 3.96. The van der Waals surface area contributed by atoms with Crippen LogP contribution in [0, 0.1) is 5.92 Å². The summed E-state index contributed by atoms with van der Waals surface area (Å²) in [5.41, 5.74) is 11.4. The smallest absolute Gasteiger partial charge is 0.326 e. The van der Waals surface area contributed by atoms with Crippen molar-refractivity contribution in [2.75, 3.05) is 6.61 Å². The van der Waals surface area contributed by atoms with Crippen LogP contribution in [0.25, 0.3) is 0 Å². The lowest BCUT2D eigenvalue weighted by Gasteiger charge is -2.27. The van der Waals surface area contributed by atoms with Gasteiger partial charge in [-0.2, -0.15) is 0 Å². The molecule has 0 aliphatic heterocycles. The second-order valence-electron chi connectivity index (χ2n) is 9.21. The minimum absolute atomic E-state index is 0.0215. The van der Waals surface area contributed by atoms with E-state index in [0.29, 0.717) is 12.0 Å². The fourth-order valence-electron chi connectivity index (χ4n) is 3.45. The Kier molecular flexibility index (Phi) is 13.6. The number of aliphatic carboxylic acids is 1. The van der Waals surface area contributed by atoms with Crippen molar-refractivity contribution in [2.45, 2.75) is 70.2 Å². The molecule has 0 unspecified atom stereocenters.